The number of aliphatic hydroxyl groups is 1. The smallest absolute Gasteiger partial charge is 0.125 e. The van der Waals surface area contributed by atoms with Crippen LogP contribution in [0.1, 0.15) is 43.4 Å². The van der Waals surface area contributed by atoms with Crippen molar-refractivity contribution in [2.75, 3.05) is 6.61 Å². The Hall–Kier alpha value is -1.53. The zero-order chi connectivity index (χ0) is 13.2. The molecule has 2 rings (SSSR count). The van der Waals surface area contributed by atoms with Crippen LogP contribution in [0, 0.1) is 23.7 Å². The number of aliphatic hydroxyl groups excluding tert-OH is 1. The number of benzene rings is 1. The first kappa shape index (κ1) is 12.9. The molecule has 1 N–H and O–H groups in total. The third kappa shape index (κ3) is 2.83. The largest absolute Gasteiger partial charge is 0.493 e. The molecule has 3 heteroatoms. The molecular formula is C15H19NO2. The lowest BCUT2D eigenvalue weighted by Crippen LogP contribution is -2.13. The van der Waals surface area contributed by atoms with Crippen molar-refractivity contribution in [2.45, 2.75) is 39.2 Å². The van der Waals surface area contributed by atoms with Crippen LogP contribution in [0.15, 0.2) is 18.2 Å². The minimum absolute atomic E-state index is 0.0651. The Morgan fingerprint density at radius 2 is 2.22 bits per heavy atom. The van der Waals surface area contributed by atoms with Crippen LogP contribution in [0.3, 0.4) is 0 Å². The van der Waals surface area contributed by atoms with E-state index < -0.39 is 6.10 Å². The van der Waals surface area contributed by atoms with E-state index in [4.69, 9.17) is 10.00 Å². The van der Waals surface area contributed by atoms with Crippen molar-refractivity contribution in [3.63, 3.8) is 0 Å². The maximum absolute atomic E-state index is 9.75. The number of hydrogen-bond donors (Lipinski definition) is 1. The maximum atomic E-state index is 9.75. The molecule has 0 bridgehead atoms. The Bertz CT molecular complexity index is 470. The average molecular weight is 245 g/mol. The normalized spacial score (nSPS) is 17.9. The first-order valence-electron chi connectivity index (χ1n) is 6.35. The van der Waals surface area contributed by atoms with Gasteiger partial charge in [-0.15, -0.1) is 0 Å². The van der Waals surface area contributed by atoms with Gasteiger partial charge in [0.15, 0.2) is 0 Å². The first-order valence-corrected chi connectivity index (χ1v) is 6.35. The fourth-order valence-corrected chi connectivity index (χ4v) is 2.07. The summed E-state index contributed by atoms with van der Waals surface area (Å²) in [6.07, 6.45) is 2.15. The molecule has 0 saturated heterocycles. The summed E-state index contributed by atoms with van der Waals surface area (Å²) in [6.45, 7) is 4.31. The predicted molar refractivity (Wildman–Crippen MR) is 69.2 cm³/mol. The van der Waals surface area contributed by atoms with Gasteiger partial charge in [-0.3, -0.25) is 0 Å². The summed E-state index contributed by atoms with van der Waals surface area (Å²) in [4.78, 5) is 0. The van der Waals surface area contributed by atoms with Crippen molar-refractivity contribution < 1.29 is 9.84 Å². The second kappa shape index (κ2) is 4.99. The van der Waals surface area contributed by atoms with E-state index >= 15 is 0 Å². The molecule has 0 radical (unpaired) electrons. The highest BCUT2D eigenvalue weighted by Crippen LogP contribution is 2.49. The van der Waals surface area contributed by atoms with Crippen LogP contribution in [0.2, 0.25) is 0 Å². The molecule has 1 aromatic carbocycles. The standard InChI is InChI=1S/C15H19NO2/c1-11-3-4-14(13(9-11)12(2)17)18-10-15(5-6-15)7-8-16/h3-4,9,12,17H,5-7,10H2,1-2H3. The monoisotopic (exact) mass is 245 g/mol. The summed E-state index contributed by atoms with van der Waals surface area (Å²) in [5.74, 6) is 0.736. The molecule has 96 valence electrons. The van der Waals surface area contributed by atoms with Gasteiger partial charge in [0, 0.05) is 17.4 Å². The van der Waals surface area contributed by atoms with E-state index in [9.17, 15) is 5.11 Å². The Balaban J connectivity index is 2.08. The summed E-state index contributed by atoms with van der Waals surface area (Å²) in [5.41, 5.74) is 1.99. The Kier molecular flexibility index (Phi) is 3.58. The van der Waals surface area contributed by atoms with Gasteiger partial charge in [-0.25, -0.2) is 0 Å². The summed E-state index contributed by atoms with van der Waals surface area (Å²) in [7, 11) is 0. The average Bonchev–Trinajstić information content (AvgIpc) is 3.08. The van der Waals surface area contributed by atoms with Gasteiger partial charge in [-0.2, -0.15) is 5.26 Å². The molecule has 18 heavy (non-hydrogen) atoms. The van der Waals surface area contributed by atoms with Crippen molar-refractivity contribution in [1.82, 2.24) is 0 Å². The van der Waals surface area contributed by atoms with Gasteiger partial charge in [0.2, 0.25) is 0 Å². The number of hydrogen-bond acceptors (Lipinski definition) is 3. The fourth-order valence-electron chi connectivity index (χ4n) is 2.07. The molecule has 0 heterocycles. The molecular weight excluding hydrogens is 226 g/mol. The van der Waals surface area contributed by atoms with Crippen LogP contribution < -0.4 is 4.74 Å². The fraction of sp³-hybridized carbons (Fsp3) is 0.533. The summed E-state index contributed by atoms with van der Waals surface area (Å²) >= 11 is 0. The van der Waals surface area contributed by atoms with Crippen molar-refractivity contribution in [1.29, 1.82) is 5.26 Å². The van der Waals surface area contributed by atoms with Crippen LogP contribution in [-0.4, -0.2) is 11.7 Å². The van der Waals surface area contributed by atoms with Gasteiger partial charge < -0.3 is 9.84 Å². The Morgan fingerprint density at radius 3 is 2.78 bits per heavy atom. The molecule has 1 fully saturated rings. The minimum atomic E-state index is -0.536. The molecule has 1 unspecified atom stereocenters. The number of nitriles is 1. The van der Waals surface area contributed by atoms with Crippen LogP contribution in [0.4, 0.5) is 0 Å². The van der Waals surface area contributed by atoms with E-state index in [0.717, 1.165) is 29.7 Å². The number of ether oxygens (including phenoxy) is 1. The molecule has 1 aliphatic carbocycles. The zero-order valence-electron chi connectivity index (χ0n) is 10.9. The van der Waals surface area contributed by atoms with E-state index in [1.165, 1.54) is 0 Å². The van der Waals surface area contributed by atoms with Gasteiger partial charge in [0.1, 0.15) is 5.75 Å². The molecule has 1 atom stereocenters. The van der Waals surface area contributed by atoms with Gasteiger partial charge in [-0.05, 0) is 38.8 Å². The van der Waals surface area contributed by atoms with Crippen molar-refractivity contribution in [3.05, 3.63) is 29.3 Å². The Labute approximate surface area is 108 Å². The molecule has 1 aromatic rings. The van der Waals surface area contributed by atoms with Gasteiger partial charge >= 0.3 is 0 Å². The van der Waals surface area contributed by atoms with Crippen molar-refractivity contribution >= 4 is 0 Å². The van der Waals surface area contributed by atoms with E-state index in [1.807, 2.05) is 25.1 Å². The quantitative estimate of drug-likeness (QED) is 0.867. The Morgan fingerprint density at radius 1 is 1.50 bits per heavy atom. The number of nitrogens with zero attached hydrogens (tertiary/aromatic N) is 1. The topological polar surface area (TPSA) is 53.2 Å². The lowest BCUT2D eigenvalue weighted by molar-refractivity contribution is 0.183. The lowest BCUT2D eigenvalue weighted by Gasteiger charge is -2.17. The third-order valence-corrected chi connectivity index (χ3v) is 3.56. The predicted octanol–water partition coefficient (Wildman–Crippen LogP) is 3.12. The highest BCUT2D eigenvalue weighted by molar-refractivity contribution is 5.38. The lowest BCUT2D eigenvalue weighted by atomic mass is 10.0. The molecule has 1 aliphatic rings. The van der Waals surface area contributed by atoms with Crippen LogP contribution >= 0.6 is 0 Å². The van der Waals surface area contributed by atoms with Gasteiger partial charge in [0.05, 0.1) is 18.8 Å². The van der Waals surface area contributed by atoms with Crippen LogP contribution in [0.5, 0.6) is 5.75 Å². The number of aryl methyl sites for hydroxylation is 1. The zero-order valence-corrected chi connectivity index (χ0v) is 10.9. The van der Waals surface area contributed by atoms with E-state index in [1.54, 1.807) is 6.92 Å². The van der Waals surface area contributed by atoms with Crippen molar-refractivity contribution in [2.24, 2.45) is 5.41 Å². The molecule has 0 aliphatic heterocycles. The van der Waals surface area contributed by atoms with Crippen molar-refractivity contribution in [3.8, 4) is 11.8 Å². The van der Waals surface area contributed by atoms with Gasteiger partial charge in [0.25, 0.3) is 0 Å². The summed E-state index contributed by atoms with van der Waals surface area (Å²) in [6, 6.07) is 8.05. The van der Waals surface area contributed by atoms with Crippen LogP contribution in [0.25, 0.3) is 0 Å². The maximum Gasteiger partial charge on any atom is 0.125 e. The summed E-state index contributed by atoms with van der Waals surface area (Å²) < 4.78 is 5.82. The molecule has 0 spiro atoms. The SMILES string of the molecule is Cc1ccc(OCC2(CC#N)CC2)c(C(C)O)c1. The second-order valence-electron chi connectivity index (χ2n) is 5.34. The van der Waals surface area contributed by atoms with E-state index in [-0.39, 0.29) is 5.41 Å². The summed E-state index contributed by atoms with van der Waals surface area (Å²) in [5, 5.41) is 18.5. The second-order valence-corrected chi connectivity index (χ2v) is 5.34. The molecule has 0 aromatic heterocycles. The van der Waals surface area contributed by atoms with E-state index in [0.29, 0.717) is 13.0 Å². The highest BCUT2D eigenvalue weighted by atomic mass is 16.5. The minimum Gasteiger partial charge on any atom is -0.493 e. The number of rotatable bonds is 5. The molecule has 1 saturated carbocycles. The molecule has 0 amide bonds. The molecule has 3 nitrogen and oxygen atoms in total. The first-order chi connectivity index (χ1) is 8.56. The van der Waals surface area contributed by atoms with Crippen LogP contribution in [-0.2, 0) is 0 Å². The van der Waals surface area contributed by atoms with Gasteiger partial charge in [-0.1, -0.05) is 11.6 Å². The highest BCUT2D eigenvalue weighted by Gasteiger charge is 2.43. The van der Waals surface area contributed by atoms with E-state index in [2.05, 4.69) is 6.07 Å². The third-order valence-electron chi connectivity index (χ3n) is 3.56.